The van der Waals surface area contributed by atoms with E-state index in [1.165, 1.54) is 18.4 Å². The molecule has 0 aromatic carbocycles. The minimum atomic E-state index is 0.830. The van der Waals surface area contributed by atoms with Crippen LogP contribution in [-0.4, -0.2) is 43.7 Å². The molecule has 0 amide bonds. The molecule has 1 aliphatic rings. The van der Waals surface area contributed by atoms with Gasteiger partial charge in [0.2, 0.25) is 0 Å². The maximum absolute atomic E-state index is 5.64. The number of rotatable bonds is 8. The highest BCUT2D eigenvalue weighted by atomic mass is 16.5. The molecule has 2 rings (SSSR count). The highest BCUT2D eigenvalue weighted by Crippen LogP contribution is 2.28. The van der Waals surface area contributed by atoms with E-state index < -0.39 is 0 Å². The fourth-order valence-electron chi connectivity index (χ4n) is 1.85. The quantitative estimate of drug-likeness (QED) is 0.715. The summed E-state index contributed by atoms with van der Waals surface area (Å²) in [6.07, 6.45) is 4.57. The van der Waals surface area contributed by atoms with E-state index >= 15 is 0 Å². The molecule has 1 fully saturated rings. The maximum Gasteiger partial charge on any atom is 0.125 e. The molecule has 1 N–H and O–H groups in total. The van der Waals surface area contributed by atoms with Gasteiger partial charge in [-0.05, 0) is 43.5 Å². The van der Waals surface area contributed by atoms with Crippen molar-refractivity contribution < 1.29 is 4.74 Å². The van der Waals surface area contributed by atoms with Gasteiger partial charge in [-0.2, -0.15) is 0 Å². The number of anilines is 1. The molecule has 1 heterocycles. The van der Waals surface area contributed by atoms with Gasteiger partial charge >= 0.3 is 0 Å². The first-order chi connectivity index (χ1) is 8.78. The summed E-state index contributed by atoms with van der Waals surface area (Å²) in [5.74, 6) is 1.78. The molecule has 0 aliphatic heterocycles. The zero-order valence-corrected chi connectivity index (χ0v) is 11.4. The molecule has 0 saturated heterocycles. The normalized spacial score (nSPS) is 15.1. The molecule has 4 nitrogen and oxygen atoms in total. The van der Waals surface area contributed by atoms with Crippen LogP contribution in [0.15, 0.2) is 18.3 Å². The molecule has 0 spiro atoms. The molecular formula is C14H23N3O. The number of nitrogens with one attached hydrogen (secondary N) is 1. The zero-order valence-electron chi connectivity index (χ0n) is 11.4. The summed E-state index contributed by atoms with van der Waals surface area (Å²) in [6, 6.07) is 4.14. The summed E-state index contributed by atoms with van der Waals surface area (Å²) in [5, 5.41) is 3.06. The fraction of sp³-hybridized carbons (Fsp3) is 0.643. The van der Waals surface area contributed by atoms with Crippen molar-refractivity contribution in [1.29, 1.82) is 0 Å². The first-order valence-electron chi connectivity index (χ1n) is 6.67. The summed E-state index contributed by atoms with van der Waals surface area (Å²) < 4.78 is 5.64. The number of nitrogens with zero attached hydrogens (tertiary/aromatic N) is 2. The number of ether oxygens (including phenoxy) is 1. The second-order valence-electron chi connectivity index (χ2n) is 5.06. The topological polar surface area (TPSA) is 37.4 Å². The molecule has 0 radical (unpaired) electrons. The maximum atomic E-state index is 5.64. The summed E-state index contributed by atoms with van der Waals surface area (Å²) in [5.41, 5.74) is 1.28. The molecule has 100 valence electrons. The average Bonchev–Trinajstić information content (AvgIpc) is 3.19. The minimum Gasteiger partial charge on any atom is -0.380 e. The smallest absolute Gasteiger partial charge is 0.125 e. The van der Waals surface area contributed by atoms with Gasteiger partial charge in [-0.15, -0.1) is 0 Å². The Hall–Kier alpha value is -1.13. The molecule has 0 atom stereocenters. The molecule has 1 aromatic rings. The average molecular weight is 249 g/mol. The van der Waals surface area contributed by atoms with Gasteiger partial charge in [0, 0.05) is 32.9 Å². The predicted octanol–water partition coefficient (Wildman–Crippen LogP) is 1.98. The Kier molecular flexibility index (Phi) is 4.96. The monoisotopic (exact) mass is 249 g/mol. The van der Waals surface area contributed by atoms with Crippen LogP contribution >= 0.6 is 0 Å². The van der Waals surface area contributed by atoms with Crippen LogP contribution in [0.25, 0.3) is 0 Å². The first kappa shape index (κ1) is 13.3. The van der Waals surface area contributed by atoms with E-state index in [4.69, 9.17) is 4.74 Å². The summed E-state index contributed by atoms with van der Waals surface area (Å²) in [4.78, 5) is 6.49. The summed E-state index contributed by atoms with van der Waals surface area (Å²) in [6.45, 7) is 3.69. The van der Waals surface area contributed by atoms with Crippen molar-refractivity contribution in [3.63, 3.8) is 0 Å². The Bertz CT molecular complexity index is 366. The van der Waals surface area contributed by atoms with Crippen LogP contribution in [0, 0.1) is 5.92 Å². The molecule has 1 aliphatic carbocycles. The number of hydrogen-bond acceptors (Lipinski definition) is 4. The van der Waals surface area contributed by atoms with Crippen LogP contribution in [0.2, 0.25) is 0 Å². The molecule has 1 aromatic heterocycles. The number of aromatic nitrogens is 1. The van der Waals surface area contributed by atoms with Gasteiger partial charge < -0.3 is 10.1 Å². The van der Waals surface area contributed by atoms with Gasteiger partial charge in [0.1, 0.15) is 5.82 Å². The van der Waals surface area contributed by atoms with E-state index in [2.05, 4.69) is 34.4 Å². The molecular weight excluding hydrogens is 226 g/mol. The highest BCUT2D eigenvalue weighted by Gasteiger charge is 2.20. The third-order valence-corrected chi connectivity index (χ3v) is 3.20. The van der Waals surface area contributed by atoms with E-state index in [0.717, 1.165) is 38.0 Å². The lowest BCUT2D eigenvalue weighted by molar-refractivity contribution is 0.102. The Morgan fingerprint density at radius 3 is 3.06 bits per heavy atom. The van der Waals surface area contributed by atoms with Crippen LogP contribution in [0.5, 0.6) is 0 Å². The van der Waals surface area contributed by atoms with Gasteiger partial charge in [0.05, 0.1) is 6.61 Å². The summed E-state index contributed by atoms with van der Waals surface area (Å²) >= 11 is 0. The molecule has 0 bridgehead atoms. The van der Waals surface area contributed by atoms with Crippen molar-refractivity contribution in [3.05, 3.63) is 23.9 Å². The van der Waals surface area contributed by atoms with Gasteiger partial charge in [-0.25, -0.2) is 4.98 Å². The van der Waals surface area contributed by atoms with E-state index in [9.17, 15) is 0 Å². The number of pyridine rings is 1. The van der Waals surface area contributed by atoms with Crippen molar-refractivity contribution in [2.24, 2.45) is 5.92 Å². The fourth-order valence-corrected chi connectivity index (χ4v) is 1.85. The van der Waals surface area contributed by atoms with Gasteiger partial charge in [0.25, 0.3) is 0 Å². The predicted molar refractivity (Wildman–Crippen MR) is 73.7 cm³/mol. The zero-order chi connectivity index (χ0) is 12.8. The van der Waals surface area contributed by atoms with Crippen molar-refractivity contribution in [2.75, 3.05) is 39.2 Å². The standard InChI is InChI=1S/C14H23N3O/c1-15-14-9-13(5-6-16-14)10-17(2)7-8-18-11-12-3-4-12/h5-6,9,12H,3-4,7-8,10-11H2,1-2H3,(H,15,16). The van der Waals surface area contributed by atoms with E-state index in [-0.39, 0.29) is 0 Å². The Balaban J connectivity index is 1.66. The summed E-state index contributed by atoms with van der Waals surface area (Å²) in [7, 11) is 4.02. The Morgan fingerprint density at radius 2 is 2.33 bits per heavy atom. The van der Waals surface area contributed by atoms with Crippen LogP contribution in [0.3, 0.4) is 0 Å². The van der Waals surface area contributed by atoms with Crippen LogP contribution < -0.4 is 5.32 Å². The Morgan fingerprint density at radius 1 is 1.50 bits per heavy atom. The second kappa shape index (κ2) is 6.71. The molecule has 18 heavy (non-hydrogen) atoms. The molecule has 1 saturated carbocycles. The lowest BCUT2D eigenvalue weighted by Crippen LogP contribution is -2.23. The third-order valence-electron chi connectivity index (χ3n) is 3.20. The lowest BCUT2D eigenvalue weighted by atomic mass is 10.2. The van der Waals surface area contributed by atoms with E-state index in [1.807, 2.05) is 13.2 Å². The van der Waals surface area contributed by atoms with Crippen molar-refractivity contribution in [3.8, 4) is 0 Å². The van der Waals surface area contributed by atoms with Crippen LogP contribution in [0.4, 0.5) is 5.82 Å². The molecule has 4 heteroatoms. The molecule has 0 unspecified atom stereocenters. The highest BCUT2D eigenvalue weighted by molar-refractivity contribution is 5.36. The van der Waals surface area contributed by atoms with Crippen LogP contribution in [-0.2, 0) is 11.3 Å². The lowest BCUT2D eigenvalue weighted by Gasteiger charge is -2.17. The number of hydrogen-bond donors (Lipinski definition) is 1. The Labute approximate surface area is 109 Å². The van der Waals surface area contributed by atoms with Crippen molar-refractivity contribution >= 4 is 5.82 Å². The third kappa shape index (κ3) is 4.63. The second-order valence-corrected chi connectivity index (χ2v) is 5.06. The first-order valence-corrected chi connectivity index (χ1v) is 6.67. The van der Waals surface area contributed by atoms with E-state index in [1.54, 1.807) is 0 Å². The number of likely N-dealkylation sites (N-methyl/N-ethyl adjacent to an activating group) is 1. The van der Waals surface area contributed by atoms with Crippen molar-refractivity contribution in [2.45, 2.75) is 19.4 Å². The van der Waals surface area contributed by atoms with Gasteiger partial charge in [-0.1, -0.05) is 0 Å². The van der Waals surface area contributed by atoms with E-state index in [0.29, 0.717) is 0 Å². The largest absolute Gasteiger partial charge is 0.380 e. The van der Waals surface area contributed by atoms with Gasteiger partial charge in [-0.3, -0.25) is 4.90 Å². The van der Waals surface area contributed by atoms with Crippen LogP contribution in [0.1, 0.15) is 18.4 Å². The minimum absolute atomic E-state index is 0.830. The van der Waals surface area contributed by atoms with Crippen molar-refractivity contribution in [1.82, 2.24) is 9.88 Å². The van der Waals surface area contributed by atoms with Gasteiger partial charge in [0.15, 0.2) is 0 Å². The SMILES string of the molecule is CNc1cc(CN(C)CCOCC2CC2)ccn1.